The van der Waals surface area contributed by atoms with Crippen molar-refractivity contribution in [1.29, 1.82) is 0 Å². The Labute approximate surface area is 64.4 Å². The molecule has 0 aromatic carbocycles. The van der Waals surface area contributed by atoms with Gasteiger partial charge in [-0.25, -0.2) is 14.6 Å². The molecule has 0 aliphatic rings. The molecule has 0 atom stereocenters. The molecule has 0 N–H and O–H groups in total. The molecule has 0 aromatic rings. The summed E-state index contributed by atoms with van der Waals surface area (Å²) in [6.45, 7) is 0.471. The first-order chi connectivity index (χ1) is 5.41. The van der Waals surface area contributed by atoms with Gasteiger partial charge in [-0.1, -0.05) is 6.08 Å². The van der Waals surface area contributed by atoms with E-state index in [1.807, 2.05) is 0 Å². The van der Waals surface area contributed by atoms with E-state index in [-0.39, 0.29) is 0 Å². The molecule has 11 heavy (non-hydrogen) atoms. The molecule has 0 heterocycles. The zero-order valence-corrected chi connectivity index (χ0v) is 5.99. The Morgan fingerprint density at radius 2 is 2.09 bits per heavy atom. The molecule has 4 nitrogen and oxygen atoms in total. The SMILES string of the molecule is O=C=NC=CCCCN=C=O. The van der Waals surface area contributed by atoms with E-state index in [4.69, 9.17) is 0 Å². The van der Waals surface area contributed by atoms with Crippen LogP contribution in [0.2, 0.25) is 0 Å². The minimum absolute atomic E-state index is 0.471. The average Bonchev–Trinajstić information content (AvgIpc) is 2.03. The van der Waals surface area contributed by atoms with Gasteiger partial charge in [-0.15, -0.1) is 0 Å². The van der Waals surface area contributed by atoms with Crippen molar-refractivity contribution in [1.82, 2.24) is 0 Å². The van der Waals surface area contributed by atoms with Crippen LogP contribution in [0.15, 0.2) is 22.3 Å². The maximum Gasteiger partial charge on any atom is 0.239 e. The second-order valence-electron chi connectivity index (χ2n) is 1.72. The first kappa shape index (κ1) is 9.50. The fourth-order valence-electron chi connectivity index (χ4n) is 0.492. The highest BCUT2D eigenvalue weighted by Crippen LogP contribution is 1.90. The van der Waals surface area contributed by atoms with Gasteiger partial charge in [0.2, 0.25) is 12.2 Å². The summed E-state index contributed by atoms with van der Waals surface area (Å²) in [5.74, 6) is 0. The third kappa shape index (κ3) is 8.50. The van der Waals surface area contributed by atoms with Crippen molar-refractivity contribution in [2.24, 2.45) is 9.98 Å². The molecule has 0 saturated carbocycles. The summed E-state index contributed by atoms with van der Waals surface area (Å²) in [6.07, 6.45) is 7.40. The van der Waals surface area contributed by atoms with Crippen molar-refractivity contribution >= 4 is 12.2 Å². The van der Waals surface area contributed by atoms with Gasteiger partial charge in [0.25, 0.3) is 0 Å². The minimum atomic E-state index is 0.471. The van der Waals surface area contributed by atoms with Gasteiger partial charge in [0, 0.05) is 6.20 Å². The zero-order chi connectivity index (χ0) is 8.36. The van der Waals surface area contributed by atoms with Crippen molar-refractivity contribution in [3.8, 4) is 0 Å². The minimum Gasteiger partial charge on any atom is -0.211 e. The Morgan fingerprint density at radius 1 is 1.27 bits per heavy atom. The summed E-state index contributed by atoms with van der Waals surface area (Å²) in [7, 11) is 0. The number of hydrogen-bond donors (Lipinski definition) is 0. The first-order valence-corrected chi connectivity index (χ1v) is 3.17. The van der Waals surface area contributed by atoms with Crippen LogP contribution in [-0.2, 0) is 9.59 Å². The molecule has 4 heteroatoms. The van der Waals surface area contributed by atoms with E-state index in [0.717, 1.165) is 12.8 Å². The second-order valence-corrected chi connectivity index (χ2v) is 1.72. The largest absolute Gasteiger partial charge is 0.239 e. The monoisotopic (exact) mass is 152 g/mol. The molecule has 0 aromatic heterocycles. The van der Waals surface area contributed by atoms with Gasteiger partial charge in [0.05, 0.1) is 6.54 Å². The molecule has 0 aliphatic heterocycles. The van der Waals surface area contributed by atoms with Crippen LogP contribution in [0, 0.1) is 0 Å². The van der Waals surface area contributed by atoms with Crippen LogP contribution in [0.4, 0.5) is 0 Å². The summed E-state index contributed by atoms with van der Waals surface area (Å²) in [4.78, 5) is 25.6. The lowest BCUT2D eigenvalue weighted by Crippen LogP contribution is -1.76. The molecule has 0 unspecified atom stereocenters. The zero-order valence-electron chi connectivity index (χ0n) is 5.99. The fourth-order valence-corrected chi connectivity index (χ4v) is 0.492. The summed E-state index contributed by atoms with van der Waals surface area (Å²) < 4.78 is 0. The highest BCUT2D eigenvalue weighted by molar-refractivity contribution is 5.34. The number of rotatable bonds is 5. The van der Waals surface area contributed by atoms with Gasteiger partial charge < -0.3 is 0 Å². The Bertz CT molecular complexity index is 210. The Kier molecular flexibility index (Phi) is 7.34. The van der Waals surface area contributed by atoms with Gasteiger partial charge in [-0.3, -0.25) is 0 Å². The number of nitrogens with zero attached hydrogens (tertiary/aromatic N) is 2. The lowest BCUT2D eigenvalue weighted by atomic mass is 10.3. The van der Waals surface area contributed by atoms with Crippen molar-refractivity contribution in [2.45, 2.75) is 12.8 Å². The lowest BCUT2D eigenvalue weighted by Gasteiger charge is -1.84. The van der Waals surface area contributed by atoms with Crippen LogP contribution in [0.3, 0.4) is 0 Å². The summed E-state index contributed by atoms with van der Waals surface area (Å²) in [5.41, 5.74) is 0. The van der Waals surface area contributed by atoms with Crippen molar-refractivity contribution < 1.29 is 9.59 Å². The third-order valence-electron chi connectivity index (χ3n) is 0.938. The molecule has 0 amide bonds. The van der Waals surface area contributed by atoms with E-state index in [2.05, 4.69) is 9.98 Å². The van der Waals surface area contributed by atoms with E-state index in [1.54, 1.807) is 6.08 Å². The second kappa shape index (κ2) is 8.50. The van der Waals surface area contributed by atoms with Gasteiger partial charge in [0.1, 0.15) is 0 Å². The topological polar surface area (TPSA) is 58.9 Å². The van der Waals surface area contributed by atoms with Gasteiger partial charge in [-0.05, 0) is 12.8 Å². The molecule has 0 bridgehead atoms. The van der Waals surface area contributed by atoms with Crippen LogP contribution < -0.4 is 0 Å². The molecule has 58 valence electrons. The smallest absolute Gasteiger partial charge is 0.211 e. The molecular weight excluding hydrogens is 144 g/mol. The van der Waals surface area contributed by atoms with Gasteiger partial charge in [-0.2, -0.15) is 4.99 Å². The Hall–Kier alpha value is -1.50. The molecule has 0 rings (SSSR count). The lowest BCUT2D eigenvalue weighted by molar-refractivity contribution is 0.562. The van der Waals surface area contributed by atoms with Gasteiger partial charge in [0.15, 0.2) is 0 Å². The van der Waals surface area contributed by atoms with E-state index < -0.39 is 0 Å². The summed E-state index contributed by atoms with van der Waals surface area (Å²) in [6, 6.07) is 0. The maximum atomic E-state index is 9.56. The van der Waals surface area contributed by atoms with Crippen LogP contribution in [0.25, 0.3) is 0 Å². The highest BCUT2D eigenvalue weighted by Gasteiger charge is 1.79. The third-order valence-corrected chi connectivity index (χ3v) is 0.938. The summed E-state index contributed by atoms with van der Waals surface area (Å²) >= 11 is 0. The van der Waals surface area contributed by atoms with E-state index >= 15 is 0 Å². The summed E-state index contributed by atoms with van der Waals surface area (Å²) in [5, 5.41) is 0. The molecule has 0 aliphatic carbocycles. The maximum absolute atomic E-state index is 9.56. The van der Waals surface area contributed by atoms with Crippen LogP contribution in [0.5, 0.6) is 0 Å². The highest BCUT2D eigenvalue weighted by atomic mass is 16.1. The number of carbonyl (C=O) groups excluding carboxylic acids is 2. The first-order valence-electron chi connectivity index (χ1n) is 3.17. The van der Waals surface area contributed by atoms with Crippen LogP contribution >= 0.6 is 0 Å². The van der Waals surface area contributed by atoms with Crippen LogP contribution in [-0.4, -0.2) is 18.7 Å². The Morgan fingerprint density at radius 3 is 2.73 bits per heavy atom. The average molecular weight is 152 g/mol. The van der Waals surface area contributed by atoms with Crippen molar-refractivity contribution in [3.05, 3.63) is 12.3 Å². The Balaban J connectivity index is 3.26. The fraction of sp³-hybridized carbons (Fsp3) is 0.429. The molecule has 0 radical (unpaired) electrons. The van der Waals surface area contributed by atoms with Crippen molar-refractivity contribution in [2.75, 3.05) is 6.54 Å². The van der Waals surface area contributed by atoms with E-state index in [0.29, 0.717) is 6.54 Å². The van der Waals surface area contributed by atoms with E-state index in [9.17, 15) is 9.59 Å². The van der Waals surface area contributed by atoms with Gasteiger partial charge >= 0.3 is 0 Å². The number of unbranched alkanes of at least 4 members (excludes halogenated alkanes) is 1. The number of hydrogen-bond acceptors (Lipinski definition) is 4. The number of aliphatic imine (C=N–C) groups is 2. The van der Waals surface area contributed by atoms with Crippen molar-refractivity contribution in [3.63, 3.8) is 0 Å². The number of isocyanates is 2. The number of allylic oxidation sites excluding steroid dienone is 1. The van der Waals surface area contributed by atoms with E-state index in [1.165, 1.54) is 18.4 Å². The quantitative estimate of drug-likeness (QED) is 0.334. The standard InChI is InChI=1S/C7H8N2O2/c10-6-8-4-2-1-3-5-9-7-11/h2,4H,1,3,5H2. The predicted molar refractivity (Wildman–Crippen MR) is 39.5 cm³/mol. The molecule has 0 saturated heterocycles. The molecule has 0 fully saturated rings. The normalized spacial score (nSPS) is 8.73. The van der Waals surface area contributed by atoms with Crippen LogP contribution in [0.1, 0.15) is 12.8 Å². The molecular formula is C7H8N2O2. The predicted octanol–water partition coefficient (Wildman–Crippen LogP) is 0.952. The molecule has 0 spiro atoms.